The Morgan fingerprint density at radius 3 is 2.55 bits per heavy atom. The van der Waals surface area contributed by atoms with Gasteiger partial charge in [-0.25, -0.2) is 0 Å². The Hall–Kier alpha value is -0.360. The van der Waals surface area contributed by atoms with Crippen molar-refractivity contribution < 1.29 is 14.3 Å². The van der Waals surface area contributed by atoms with Crippen LogP contribution in [0.2, 0.25) is 0 Å². The lowest BCUT2D eigenvalue weighted by molar-refractivity contribution is -0.148. The number of likely N-dealkylation sites (N-methyl/N-ethyl adjacent to an activating group) is 1. The third-order valence-electron chi connectivity index (χ3n) is 4.41. The lowest BCUT2D eigenvalue weighted by Gasteiger charge is -2.39. The van der Waals surface area contributed by atoms with Crippen LogP contribution in [0.5, 0.6) is 0 Å². The van der Waals surface area contributed by atoms with Crippen molar-refractivity contribution >= 4 is 18.3 Å². The van der Waals surface area contributed by atoms with Crippen LogP contribution < -0.4 is 5.73 Å². The van der Waals surface area contributed by atoms with Gasteiger partial charge in [-0.2, -0.15) is 0 Å². The van der Waals surface area contributed by atoms with Crippen molar-refractivity contribution in [3.8, 4) is 0 Å². The highest BCUT2D eigenvalue weighted by molar-refractivity contribution is 5.85. The summed E-state index contributed by atoms with van der Waals surface area (Å²) in [6.45, 7) is 5.97. The fraction of sp³-hybridized carbons (Fsp3) is 0.929. The average molecular weight is 307 g/mol. The lowest BCUT2D eigenvalue weighted by Crippen LogP contribution is -2.52. The Labute approximate surface area is 127 Å². The summed E-state index contributed by atoms with van der Waals surface area (Å²) in [7, 11) is 0. The van der Waals surface area contributed by atoms with E-state index in [0.29, 0.717) is 26.3 Å². The first kappa shape index (κ1) is 17.7. The Balaban J connectivity index is 0.00000200. The molecular weight excluding hydrogens is 280 g/mol. The van der Waals surface area contributed by atoms with Gasteiger partial charge in [0.15, 0.2) is 0 Å². The molecule has 2 saturated heterocycles. The quantitative estimate of drug-likeness (QED) is 0.829. The molecule has 2 rings (SSSR count). The van der Waals surface area contributed by atoms with Crippen LogP contribution in [0, 0.1) is 5.41 Å². The number of rotatable bonds is 5. The summed E-state index contributed by atoms with van der Waals surface area (Å²) in [5.74, 6) is 0.191. The number of nitrogens with two attached hydrogens (primary N) is 1. The molecule has 0 spiro atoms. The van der Waals surface area contributed by atoms with Crippen molar-refractivity contribution in [1.29, 1.82) is 0 Å². The maximum absolute atomic E-state index is 12.8. The van der Waals surface area contributed by atoms with E-state index in [2.05, 4.69) is 0 Å². The maximum Gasteiger partial charge on any atom is 0.230 e. The average Bonchev–Trinajstić information content (AvgIpc) is 2.97. The molecule has 2 aliphatic rings. The van der Waals surface area contributed by atoms with Crippen molar-refractivity contribution in [2.45, 2.75) is 38.7 Å². The first-order valence-electron chi connectivity index (χ1n) is 7.40. The minimum Gasteiger partial charge on any atom is -0.381 e. The fourth-order valence-electron chi connectivity index (χ4n) is 2.99. The van der Waals surface area contributed by atoms with E-state index in [-0.39, 0.29) is 24.4 Å². The van der Waals surface area contributed by atoms with Gasteiger partial charge < -0.3 is 20.1 Å². The molecule has 0 aliphatic carbocycles. The molecule has 0 saturated carbocycles. The molecule has 2 fully saturated rings. The van der Waals surface area contributed by atoms with Gasteiger partial charge in [0.25, 0.3) is 0 Å². The lowest BCUT2D eigenvalue weighted by atomic mass is 9.78. The number of halogens is 1. The van der Waals surface area contributed by atoms with E-state index in [1.807, 2.05) is 11.8 Å². The number of amides is 1. The number of nitrogens with zero attached hydrogens (tertiary/aromatic N) is 1. The van der Waals surface area contributed by atoms with Gasteiger partial charge >= 0.3 is 0 Å². The Kier molecular flexibility index (Phi) is 7.23. The molecule has 1 unspecified atom stereocenters. The van der Waals surface area contributed by atoms with E-state index < -0.39 is 5.41 Å². The zero-order chi connectivity index (χ0) is 13.7. The normalized spacial score (nSPS) is 25.0. The van der Waals surface area contributed by atoms with Crippen LogP contribution in [0.25, 0.3) is 0 Å². The molecule has 5 nitrogen and oxygen atoms in total. The molecule has 2 heterocycles. The number of carbonyl (C=O) groups excluding carboxylic acids is 1. The summed E-state index contributed by atoms with van der Waals surface area (Å²) in [4.78, 5) is 14.7. The first-order valence-corrected chi connectivity index (χ1v) is 7.40. The van der Waals surface area contributed by atoms with Crippen molar-refractivity contribution in [3.63, 3.8) is 0 Å². The number of hydrogen-bond acceptors (Lipinski definition) is 4. The molecule has 0 aromatic heterocycles. The largest absolute Gasteiger partial charge is 0.381 e. The zero-order valence-corrected chi connectivity index (χ0v) is 13.1. The highest BCUT2D eigenvalue weighted by Gasteiger charge is 2.41. The molecule has 0 aromatic carbocycles. The van der Waals surface area contributed by atoms with E-state index in [1.165, 1.54) is 0 Å². The van der Waals surface area contributed by atoms with Gasteiger partial charge in [-0.05, 0) is 32.6 Å². The predicted molar refractivity (Wildman–Crippen MR) is 80.0 cm³/mol. The molecule has 1 atom stereocenters. The van der Waals surface area contributed by atoms with Gasteiger partial charge in [-0.1, -0.05) is 0 Å². The van der Waals surface area contributed by atoms with Crippen molar-refractivity contribution in [1.82, 2.24) is 4.90 Å². The zero-order valence-electron chi connectivity index (χ0n) is 12.3. The van der Waals surface area contributed by atoms with Crippen molar-refractivity contribution in [2.75, 3.05) is 39.5 Å². The molecule has 0 radical (unpaired) electrons. The van der Waals surface area contributed by atoms with E-state index >= 15 is 0 Å². The Bertz CT molecular complexity index is 303. The van der Waals surface area contributed by atoms with Crippen LogP contribution in [0.3, 0.4) is 0 Å². The van der Waals surface area contributed by atoms with Gasteiger partial charge in [0.05, 0.1) is 11.5 Å². The summed E-state index contributed by atoms with van der Waals surface area (Å²) in [5, 5.41) is 0. The van der Waals surface area contributed by atoms with Crippen LogP contribution in [0.1, 0.15) is 32.6 Å². The van der Waals surface area contributed by atoms with Crippen LogP contribution in [-0.4, -0.2) is 56.4 Å². The number of hydrogen-bond donors (Lipinski definition) is 1. The third-order valence-corrected chi connectivity index (χ3v) is 4.41. The molecule has 2 N–H and O–H groups in total. The fourth-order valence-corrected chi connectivity index (χ4v) is 2.99. The van der Waals surface area contributed by atoms with E-state index in [0.717, 1.165) is 38.8 Å². The van der Waals surface area contributed by atoms with Crippen LogP contribution in [0.15, 0.2) is 0 Å². The van der Waals surface area contributed by atoms with Crippen LogP contribution >= 0.6 is 12.4 Å². The molecule has 2 aliphatic heterocycles. The maximum atomic E-state index is 12.8. The summed E-state index contributed by atoms with van der Waals surface area (Å²) in [5.41, 5.74) is 5.50. The summed E-state index contributed by atoms with van der Waals surface area (Å²) in [6, 6.07) is 0. The SMILES string of the molecule is CCN(CC1CCCO1)C(=O)C1(CN)CCOCC1.Cl. The van der Waals surface area contributed by atoms with E-state index in [9.17, 15) is 4.79 Å². The van der Waals surface area contributed by atoms with Crippen LogP contribution in [-0.2, 0) is 14.3 Å². The topological polar surface area (TPSA) is 64.8 Å². The smallest absolute Gasteiger partial charge is 0.230 e. The van der Waals surface area contributed by atoms with Gasteiger partial charge in [0.2, 0.25) is 5.91 Å². The first-order chi connectivity index (χ1) is 9.22. The molecule has 0 aromatic rings. The number of carbonyl (C=O) groups is 1. The molecular formula is C14H27ClN2O3. The Morgan fingerprint density at radius 1 is 1.35 bits per heavy atom. The van der Waals surface area contributed by atoms with Gasteiger partial charge in [-0.15, -0.1) is 12.4 Å². The standard InChI is InChI=1S/C14H26N2O3.ClH/c1-2-16(10-12-4-3-7-19-12)13(17)14(11-15)5-8-18-9-6-14;/h12H,2-11,15H2,1H3;1H. The van der Waals surface area contributed by atoms with Gasteiger partial charge in [-0.3, -0.25) is 4.79 Å². The second-order valence-electron chi connectivity index (χ2n) is 5.58. The van der Waals surface area contributed by atoms with E-state index in [4.69, 9.17) is 15.2 Å². The second kappa shape index (κ2) is 8.17. The van der Waals surface area contributed by atoms with Crippen molar-refractivity contribution in [3.05, 3.63) is 0 Å². The summed E-state index contributed by atoms with van der Waals surface area (Å²) < 4.78 is 11.0. The molecule has 6 heteroatoms. The van der Waals surface area contributed by atoms with Crippen molar-refractivity contribution in [2.24, 2.45) is 11.1 Å². The third kappa shape index (κ3) is 3.85. The minimum absolute atomic E-state index is 0. The second-order valence-corrected chi connectivity index (χ2v) is 5.58. The molecule has 118 valence electrons. The molecule has 1 amide bonds. The summed E-state index contributed by atoms with van der Waals surface area (Å²) >= 11 is 0. The highest BCUT2D eigenvalue weighted by Crippen LogP contribution is 2.32. The summed E-state index contributed by atoms with van der Waals surface area (Å²) in [6.07, 6.45) is 3.85. The number of ether oxygens (including phenoxy) is 2. The highest BCUT2D eigenvalue weighted by atomic mass is 35.5. The minimum atomic E-state index is -0.410. The molecule has 20 heavy (non-hydrogen) atoms. The van der Waals surface area contributed by atoms with E-state index in [1.54, 1.807) is 0 Å². The predicted octanol–water partition coefficient (Wildman–Crippen LogP) is 1.19. The van der Waals surface area contributed by atoms with Crippen LogP contribution in [0.4, 0.5) is 0 Å². The Morgan fingerprint density at radius 2 is 2.05 bits per heavy atom. The van der Waals surface area contributed by atoms with Gasteiger partial charge in [0.1, 0.15) is 0 Å². The van der Waals surface area contributed by atoms with Gasteiger partial charge in [0, 0.05) is 39.5 Å². The monoisotopic (exact) mass is 306 g/mol. The molecule has 0 bridgehead atoms.